The fourth-order valence-electron chi connectivity index (χ4n) is 5.28. The number of nitrogens with zero attached hydrogens (tertiary/aromatic N) is 5. The van der Waals surface area contributed by atoms with Gasteiger partial charge in [-0.25, -0.2) is 4.39 Å². The van der Waals surface area contributed by atoms with Crippen LogP contribution in [0.2, 0.25) is 0 Å². The molecule has 2 amide bonds. The summed E-state index contributed by atoms with van der Waals surface area (Å²) in [4.78, 5) is 36.6. The summed E-state index contributed by atoms with van der Waals surface area (Å²) in [5, 5.41) is 10.1. The Kier molecular flexibility index (Phi) is 5.74. The van der Waals surface area contributed by atoms with Crippen LogP contribution in [0, 0.1) is 28.5 Å². The van der Waals surface area contributed by atoms with Crippen molar-refractivity contribution in [1.29, 1.82) is 5.26 Å². The van der Waals surface area contributed by atoms with E-state index in [-0.39, 0.29) is 30.3 Å². The molecule has 5 rings (SSSR count). The SMILES string of the molecule is C=C1CN(C(=O)c2cnc3ccc(F)cc3c2N2CCC(C)(C#N)CC2)CC(C)N1C(=O)C1CC1. The predicted molar refractivity (Wildman–Crippen MR) is 131 cm³/mol. The van der Waals surface area contributed by atoms with Crippen molar-refractivity contribution in [3.8, 4) is 6.07 Å². The van der Waals surface area contributed by atoms with Crippen LogP contribution < -0.4 is 4.90 Å². The second-order valence-corrected chi connectivity index (χ2v) is 10.4. The molecule has 35 heavy (non-hydrogen) atoms. The molecule has 1 aliphatic carbocycles. The number of hydrogen-bond donors (Lipinski definition) is 0. The van der Waals surface area contributed by atoms with E-state index in [0.717, 1.165) is 12.8 Å². The third-order valence-electron chi connectivity index (χ3n) is 7.58. The molecule has 0 spiro atoms. The second-order valence-electron chi connectivity index (χ2n) is 10.4. The molecule has 1 atom stereocenters. The van der Waals surface area contributed by atoms with Crippen LogP contribution in [0.5, 0.6) is 0 Å². The van der Waals surface area contributed by atoms with Crippen LogP contribution >= 0.6 is 0 Å². The first kappa shape index (κ1) is 23.3. The maximum atomic E-state index is 14.3. The first-order chi connectivity index (χ1) is 16.7. The molecule has 2 aromatic rings. The van der Waals surface area contributed by atoms with Crippen LogP contribution in [0.15, 0.2) is 36.7 Å². The minimum Gasteiger partial charge on any atom is -0.370 e. The summed E-state index contributed by atoms with van der Waals surface area (Å²) in [6.45, 7) is 9.83. The van der Waals surface area contributed by atoms with Gasteiger partial charge in [-0.15, -0.1) is 0 Å². The number of pyridine rings is 1. The number of anilines is 1. The van der Waals surface area contributed by atoms with Gasteiger partial charge in [0.15, 0.2) is 0 Å². The molecule has 7 nitrogen and oxygen atoms in total. The summed E-state index contributed by atoms with van der Waals surface area (Å²) in [5.41, 5.74) is 1.90. The lowest BCUT2D eigenvalue weighted by molar-refractivity contribution is -0.133. The number of piperazine rings is 1. The van der Waals surface area contributed by atoms with Gasteiger partial charge in [-0.1, -0.05) is 6.58 Å². The number of hydrogen-bond acceptors (Lipinski definition) is 5. The van der Waals surface area contributed by atoms with E-state index in [2.05, 4.69) is 22.5 Å². The van der Waals surface area contributed by atoms with Gasteiger partial charge in [0.25, 0.3) is 5.91 Å². The van der Waals surface area contributed by atoms with Crippen LogP contribution in [0.4, 0.5) is 10.1 Å². The van der Waals surface area contributed by atoms with Crippen molar-refractivity contribution < 1.29 is 14.0 Å². The average molecular weight is 476 g/mol. The maximum absolute atomic E-state index is 14.3. The molecule has 2 aliphatic heterocycles. The van der Waals surface area contributed by atoms with Crippen molar-refractivity contribution in [1.82, 2.24) is 14.8 Å². The Balaban J connectivity index is 1.49. The fourth-order valence-corrected chi connectivity index (χ4v) is 5.28. The number of benzene rings is 1. The van der Waals surface area contributed by atoms with Gasteiger partial charge in [0.05, 0.1) is 40.8 Å². The normalized spacial score (nSPS) is 22.3. The highest BCUT2D eigenvalue weighted by Gasteiger charge is 2.40. The molecule has 182 valence electrons. The molecule has 3 fully saturated rings. The molecule has 3 heterocycles. The highest BCUT2D eigenvalue weighted by atomic mass is 19.1. The number of fused-ring (bicyclic) bond motifs is 1. The Morgan fingerprint density at radius 3 is 2.60 bits per heavy atom. The zero-order valence-electron chi connectivity index (χ0n) is 20.3. The molecular formula is C27H30FN5O2. The number of halogens is 1. The van der Waals surface area contributed by atoms with E-state index in [1.165, 1.54) is 12.1 Å². The number of nitriles is 1. The predicted octanol–water partition coefficient (Wildman–Crippen LogP) is 4.10. The summed E-state index contributed by atoms with van der Waals surface area (Å²) in [6.07, 6.45) is 4.73. The summed E-state index contributed by atoms with van der Waals surface area (Å²) < 4.78 is 14.3. The topological polar surface area (TPSA) is 80.5 Å². The van der Waals surface area contributed by atoms with Gasteiger partial charge < -0.3 is 14.7 Å². The lowest BCUT2D eigenvalue weighted by Crippen LogP contribution is -2.54. The largest absolute Gasteiger partial charge is 0.370 e. The number of carbonyl (C=O) groups excluding carboxylic acids is 2. The Labute approximate surface area is 204 Å². The maximum Gasteiger partial charge on any atom is 0.257 e. The zero-order valence-corrected chi connectivity index (χ0v) is 20.3. The highest BCUT2D eigenvalue weighted by molar-refractivity contribution is 6.07. The summed E-state index contributed by atoms with van der Waals surface area (Å²) in [7, 11) is 0. The van der Waals surface area contributed by atoms with Gasteiger partial charge in [0, 0.05) is 42.8 Å². The third-order valence-corrected chi connectivity index (χ3v) is 7.58. The summed E-state index contributed by atoms with van der Waals surface area (Å²) in [5.74, 6) is -0.412. The van der Waals surface area contributed by atoms with Gasteiger partial charge in [-0.3, -0.25) is 14.6 Å². The first-order valence-electron chi connectivity index (χ1n) is 12.3. The smallest absolute Gasteiger partial charge is 0.257 e. The van der Waals surface area contributed by atoms with Crippen molar-refractivity contribution in [3.05, 3.63) is 48.1 Å². The van der Waals surface area contributed by atoms with Crippen LogP contribution in [-0.2, 0) is 4.79 Å². The van der Waals surface area contributed by atoms with Crippen molar-refractivity contribution in [2.75, 3.05) is 31.1 Å². The molecule has 2 saturated heterocycles. The highest BCUT2D eigenvalue weighted by Crippen LogP contribution is 2.38. The molecule has 0 radical (unpaired) electrons. The van der Waals surface area contributed by atoms with Gasteiger partial charge in [0.2, 0.25) is 5.91 Å². The molecule has 3 aliphatic rings. The van der Waals surface area contributed by atoms with Crippen LogP contribution in [0.3, 0.4) is 0 Å². The van der Waals surface area contributed by atoms with Crippen LogP contribution in [0.25, 0.3) is 10.9 Å². The van der Waals surface area contributed by atoms with E-state index in [4.69, 9.17) is 0 Å². The number of amides is 2. The van der Waals surface area contributed by atoms with E-state index >= 15 is 0 Å². The lowest BCUT2D eigenvalue weighted by Gasteiger charge is -2.42. The zero-order chi connectivity index (χ0) is 24.9. The van der Waals surface area contributed by atoms with Crippen LogP contribution in [0.1, 0.15) is 49.9 Å². The van der Waals surface area contributed by atoms with E-state index in [9.17, 15) is 19.2 Å². The number of carbonyl (C=O) groups is 2. The van der Waals surface area contributed by atoms with Gasteiger partial charge in [0.1, 0.15) is 5.82 Å². The van der Waals surface area contributed by atoms with E-state index in [1.807, 2.05) is 13.8 Å². The number of piperidine rings is 1. The van der Waals surface area contributed by atoms with Gasteiger partial charge >= 0.3 is 0 Å². The Morgan fingerprint density at radius 1 is 1.26 bits per heavy atom. The van der Waals surface area contributed by atoms with Gasteiger partial charge in [-0.05, 0) is 57.7 Å². The van der Waals surface area contributed by atoms with E-state index < -0.39 is 11.2 Å². The number of aromatic nitrogens is 1. The Morgan fingerprint density at radius 2 is 1.97 bits per heavy atom. The van der Waals surface area contributed by atoms with Gasteiger partial charge in [-0.2, -0.15) is 5.26 Å². The van der Waals surface area contributed by atoms with Crippen LogP contribution in [-0.4, -0.2) is 58.8 Å². The van der Waals surface area contributed by atoms with Crippen molar-refractivity contribution in [2.45, 2.75) is 45.6 Å². The summed E-state index contributed by atoms with van der Waals surface area (Å²) in [6, 6.07) is 6.65. The molecular weight excluding hydrogens is 445 g/mol. The summed E-state index contributed by atoms with van der Waals surface area (Å²) >= 11 is 0. The molecule has 1 saturated carbocycles. The average Bonchev–Trinajstić information content (AvgIpc) is 3.68. The molecule has 1 aromatic heterocycles. The lowest BCUT2D eigenvalue weighted by atomic mass is 9.81. The monoisotopic (exact) mass is 475 g/mol. The van der Waals surface area contributed by atoms with Crippen molar-refractivity contribution in [2.24, 2.45) is 11.3 Å². The number of rotatable bonds is 3. The Hall–Kier alpha value is -3.47. The quantitative estimate of drug-likeness (QED) is 0.668. The Bertz CT molecular complexity index is 1260. The molecule has 0 N–H and O–H groups in total. The molecule has 1 unspecified atom stereocenters. The molecule has 8 heteroatoms. The first-order valence-corrected chi connectivity index (χ1v) is 12.3. The third kappa shape index (κ3) is 4.24. The molecule has 1 aromatic carbocycles. The minimum atomic E-state index is -0.410. The molecule has 0 bridgehead atoms. The standard InChI is InChI=1S/C27H30FN5O2/c1-17-14-32(15-18(2)33(17)25(34)19-4-5-19)26(35)22-13-30-23-7-6-20(28)12-21(23)24(22)31-10-8-27(3,16-29)9-11-31/h6-7,12-13,18-19H,1,4-5,8-11,14-15H2,2-3H3. The van der Waals surface area contributed by atoms with Crippen molar-refractivity contribution in [3.63, 3.8) is 0 Å². The fraction of sp³-hybridized carbons (Fsp3) is 0.481. The minimum absolute atomic E-state index is 0.0841. The van der Waals surface area contributed by atoms with E-state index in [1.54, 1.807) is 22.1 Å². The van der Waals surface area contributed by atoms with Crippen molar-refractivity contribution >= 4 is 28.4 Å². The van der Waals surface area contributed by atoms with E-state index in [0.29, 0.717) is 60.3 Å². The second kappa shape index (κ2) is 8.63.